The third kappa shape index (κ3) is 5.00. The van der Waals surface area contributed by atoms with Gasteiger partial charge in [-0.25, -0.2) is 0 Å². The minimum absolute atomic E-state index is 0.0537. The molecule has 0 atom stereocenters. The SMILES string of the molecule is [GeH3][c]1ccccc1-c1cccc(-c2cccc3c(-c4cccc5c4C4(CCCC4)c4ccccc4-5)c4cccc(-c5cccc6[c]5[GeH2][c]5ccccc5-6)c4cc23)c1. The number of rotatable bonds is 4. The first-order valence-electron chi connectivity index (χ1n) is 20.8. The normalized spacial score (nSPS) is 15.0. The van der Waals surface area contributed by atoms with Gasteiger partial charge in [-0.05, 0) is 0 Å². The van der Waals surface area contributed by atoms with Crippen LogP contribution in [0.2, 0.25) is 0 Å². The molecule has 0 amide bonds. The second-order valence-electron chi connectivity index (χ2n) is 16.7. The number of hydrogen-bond donors (Lipinski definition) is 0. The van der Waals surface area contributed by atoms with Gasteiger partial charge in [0.25, 0.3) is 0 Å². The summed E-state index contributed by atoms with van der Waals surface area (Å²) in [6.07, 6.45) is 4.98. The monoisotopic (exact) mass is 850 g/mol. The molecular formula is C55H42Ge2. The molecule has 0 radical (unpaired) electrons. The number of fused-ring (bicyclic) bond motifs is 10. The van der Waals surface area contributed by atoms with Crippen LogP contribution >= 0.6 is 0 Å². The average Bonchev–Trinajstić information content (AvgIpc) is 3.98. The van der Waals surface area contributed by atoms with Crippen LogP contribution < -0.4 is 13.2 Å². The van der Waals surface area contributed by atoms with Crippen LogP contribution in [-0.4, -0.2) is 31.9 Å². The molecule has 1 saturated carbocycles. The Labute approximate surface area is 349 Å². The Bertz CT molecular complexity index is 3130. The molecule has 0 saturated heterocycles. The van der Waals surface area contributed by atoms with Crippen molar-refractivity contribution in [2.45, 2.75) is 31.1 Å². The molecule has 57 heavy (non-hydrogen) atoms. The van der Waals surface area contributed by atoms with Crippen LogP contribution in [-0.2, 0) is 5.41 Å². The van der Waals surface area contributed by atoms with E-state index in [-0.39, 0.29) is 5.41 Å². The van der Waals surface area contributed by atoms with Gasteiger partial charge in [0.15, 0.2) is 0 Å². The van der Waals surface area contributed by atoms with Crippen LogP contribution in [0.15, 0.2) is 176 Å². The van der Waals surface area contributed by atoms with Crippen molar-refractivity contribution in [3.8, 4) is 66.8 Å². The summed E-state index contributed by atoms with van der Waals surface area (Å²) in [5, 5.41) is 5.39. The van der Waals surface area contributed by atoms with Crippen LogP contribution in [0.25, 0.3) is 88.3 Å². The second kappa shape index (κ2) is 13.1. The molecule has 0 bridgehead atoms. The molecule has 0 N–H and O–H groups in total. The van der Waals surface area contributed by atoms with E-state index in [0.717, 1.165) is 0 Å². The zero-order chi connectivity index (χ0) is 37.7. The predicted molar refractivity (Wildman–Crippen MR) is 251 cm³/mol. The summed E-state index contributed by atoms with van der Waals surface area (Å²) in [6.45, 7) is 0. The van der Waals surface area contributed by atoms with E-state index in [0.29, 0.717) is 16.5 Å². The van der Waals surface area contributed by atoms with Gasteiger partial charge in [0.1, 0.15) is 0 Å². The van der Waals surface area contributed by atoms with E-state index in [2.05, 4.69) is 176 Å². The van der Waals surface area contributed by atoms with E-state index in [4.69, 9.17) is 0 Å². The van der Waals surface area contributed by atoms with Crippen molar-refractivity contribution in [2.24, 2.45) is 0 Å². The molecule has 1 aliphatic heterocycles. The second-order valence-corrected chi connectivity index (χ2v) is 22.8. The van der Waals surface area contributed by atoms with E-state index >= 15 is 0 Å². The van der Waals surface area contributed by atoms with Gasteiger partial charge in [0, 0.05) is 0 Å². The molecule has 270 valence electrons. The molecule has 12 rings (SSSR count). The molecule has 1 spiro atoms. The van der Waals surface area contributed by atoms with Crippen molar-refractivity contribution in [1.29, 1.82) is 0 Å². The summed E-state index contributed by atoms with van der Waals surface area (Å²) in [4.78, 5) is 0. The van der Waals surface area contributed by atoms with Crippen LogP contribution in [0.1, 0.15) is 36.8 Å². The Hall–Kier alpha value is -5.41. The first kappa shape index (κ1) is 33.7. The summed E-state index contributed by atoms with van der Waals surface area (Å²) in [5.74, 6) is 0. The van der Waals surface area contributed by atoms with Gasteiger partial charge in [-0.3, -0.25) is 0 Å². The van der Waals surface area contributed by atoms with Crippen molar-refractivity contribution in [2.75, 3.05) is 0 Å². The van der Waals surface area contributed by atoms with Crippen LogP contribution in [0.4, 0.5) is 0 Å². The Morgan fingerprint density at radius 2 is 0.947 bits per heavy atom. The average molecular weight is 848 g/mol. The summed E-state index contributed by atoms with van der Waals surface area (Å²) in [5.41, 5.74) is 19.8. The topological polar surface area (TPSA) is 0 Å². The fourth-order valence-corrected chi connectivity index (χ4v) is 17.2. The molecule has 0 aromatic heterocycles. The van der Waals surface area contributed by atoms with Gasteiger partial charge in [0.05, 0.1) is 0 Å². The molecule has 2 aliphatic carbocycles. The Balaban J connectivity index is 1.18. The quantitative estimate of drug-likeness (QED) is 0.122. The van der Waals surface area contributed by atoms with E-state index in [1.54, 1.807) is 19.9 Å². The van der Waals surface area contributed by atoms with Gasteiger partial charge >= 0.3 is 352 Å². The third-order valence-corrected chi connectivity index (χ3v) is 20.1. The van der Waals surface area contributed by atoms with Gasteiger partial charge in [-0.2, -0.15) is 0 Å². The van der Waals surface area contributed by atoms with Crippen LogP contribution in [0, 0.1) is 0 Å². The van der Waals surface area contributed by atoms with Crippen molar-refractivity contribution in [3.63, 3.8) is 0 Å². The zero-order valence-electron chi connectivity index (χ0n) is 32.3. The van der Waals surface area contributed by atoms with E-state index in [9.17, 15) is 0 Å². The molecule has 0 unspecified atom stereocenters. The van der Waals surface area contributed by atoms with Crippen molar-refractivity contribution < 1.29 is 0 Å². The van der Waals surface area contributed by atoms with Crippen LogP contribution in [0.5, 0.6) is 0 Å². The fraction of sp³-hybridized carbons (Fsp3) is 0.0909. The predicted octanol–water partition coefficient (Wildman–Crippen LogP) is 10.6. The Morgan fingerprint density at radius 3 is 1.74 bits per heavy atom. The standard InChI is InChI=1S/C55H42Ge2/c56-50-28-5-2-16-37(50)35-15-9-14-34(32-35)36-19-10-21-41-47(36)33-48-38(44-24-13-25-45-40-18-3-6-29-51(40)57-54(44)45)20-11-22-42(48)52(41)46-26-12-23-43-39-17-1-4-27-49(39)55(53(43)46)30-7-8-31-55/h1-6,9-29,32-33H,7-8,30-31,57H2,56H3. The number of benzene rings is 9. The van der Waals surface area contributed by atoms with Gasteiger partial charge in [-0.15, -0.1) is 0 Å². The van der Waals surface area contributed by atoms with E-state index < -0.39 is 15.4 Å². The molecule has 3 aliphatic rings. The Kier molecular flexibility index (Phi) is 7.72. The van der Waals surface area contributed by atoms with Crippen molar-refractivity contribution in [1.82, 2.24) is 0 Å². The van der Waals surface area contributed by atoms with E-state index in [1.807, 2.05) is 0 Å². The number of hydrogen-bond acceptors (Lipinski definition) is 0. The van der Waals surface area contributed by atoms with Crippen molar-refractivity contribution in [3.05, 3.63) is 187 Å². The van der Waals surface area contributed by atoms with Crippen molar-refractivity contribution >= 4 is 66.7 Å². The summed E-state index contributed by atoms with van der Waals surface area (Å²) in [7, 11) is 0. The van der Waals surface area contributed by atoms with Crippen LogP contribution in [0.3, 0.4) is 0 Å². The van der Waals surface area contributed by atoms with Gasteiger partial charge in [-0.1, -0.05) is 0 Å². The fourth-order valence-electron chi connectivity index (χ4n) is 11.4. The first-order valence-corrected chi connectivity index (χ1v) is 25.8. The molecular weight excluding hydrogens is 806 g/mol. The molecule has 9 aromatic rings. The minimum atomic E-state index is -1.19. The molecule has 2 heteroatoms. The third-order valence-electron chi connectivity index (χ3n) is 13.8. The molecule has 1 heterocycles. The van der Waals surface area contributed by atoms with Gasteiger partial charge < -0.3 is 0 Å². The molecule has 1 fully saturated rings. The summed E-state index contributed by atoms with van der Waals surface area (Å²) in [6, 6.07) is 67.9. The maximum atomic E-state index is 2.56. The first-order chi connectivity index (χ1) is 28.2. The Morgan fingerprint density at radius 1 is 0.404 bits per heavy atom. The van der Waals surface area contributed by atoms with Gasteiger partial charge in [0.2, 0.25) is 0 Å². The zero-order valence-corrected chi connectivity index (χ0v) is 39.4. The maximum absolute atomic E-state index is 2.56. The molecule has 0 nitrogen and oxygen atoms in total. The van der Waals surface area contributed by atoms with E-state index in [1.165, 1.54) is 118 Å². The molecule has 9 aromatic carbocycles. The summed E-state index contributed by atoms with van der Waals surface area (Å²) < 4.78 is 4.73. The summed E-state index contributed by atoms with van der Waals surface area (Å²) >= 11 is -0.595.